The van der Waals surface area contributed by atoms with Crippen LogP contribution in [0.5, 0.6) is 5.75 Å². The second-order valence-corrected chi connectivity index (χ2v) is 7.58. The monoisotopic (exact) mass is 422 g/mol. The Bertz CT molecular complexity index is 720. The number of thioether (sulfide) groups is 1. The lowest BCUT2D eigenvalue weighted by Crippen LogP contribution is -2.19. The number of hydrogen-bond donors (Lipinski definition) is 0. The van der Waals surface area contributed by atoms with E-state index in [-0.39, 0.29) is 18.3 Å². The van der Waals surface area contributed by atoms with E-state index in [4.69, 9.17) is 18.6 Å². The number of hydrogen-bond acceptors (Lipinski definition) is 8. The van der Waals surface area contributed by atoms with Gasteiger partial charge in [-0.2, -0.15) is 0 Å². The number of benzene rings is 1. The molecular weight excluding hydrogens is 392 g/mol. The summed E-state index contributed by atoms with van der Waals surface area (Å²) in [6.45, 7) is 7.89. The molecule has 7 nitrogen and oxygen atoms in total. The van der Waals surface area contributed by atoms with Gasteiger partial charge in [0.15, 0.2) is 5.78 Å². The zero-order chi connectivity index (χ0) is 20.9. The fourth-order valence-corrected chi connectivity index (χ4v) is 2.86. The molecule has 29 heavy (non-hydrogen) atoms. The SMILES string of the molecule is CCCSc1nnc(-c2ccc(OCCOCCOCC(=O)C(C)CC)cc2)o1. The highest BCUT2D eigenvalue weighted by Crippen LogP contribution is 2.25. The molecule has 0 aliphatic heterocycles. The van der Waals surface area contributed by atoms with Gasteiger partial charge in [0.25, 0.3) is 5.22 Å². The van der Waals surface area contributed by atoms with E-state index < -0.39 is 0 Å². The van der Waals surface area contributed by atoms with E-state index in [1.807, 2.05) is 38.1 Å². The third-order valence-electron chi connectivity index (χ3n) is 4.21. The number of carbonyl (C=O) groups is 1. The molecule has 2 aromatic rings. The molecule has 8 heteroatoms. The van der Waals surface area contributed by atoms with Gasteiger partial charge >= 0.3 is 0 Å². The van der Waals surface area contributed by atoms with Gasteiger partial charge in [0.1, 0.15) is 19.0 Å². The molecular formula is C21H30N2O5S. The Kier molecular flexibility index (Phi) is 10.8. The first-order valence-corrected chi connectivity index (χ1v) is 11.0. The third kappa shape index (κ3) is 8.55. The van der Waals surface area contributed by atoms with Crippen LogP contribution < -0.4 is 4.74 Å². The predicted molar refractivity (Wildman–Crippen MR) is 112 cm³/mol. The quantitative estimate of drug-likeness (QED) is 0.311. The van der Waals surface area contributed by atoms with Gasteiger partial charge in [0.2, 0.25) is 5.89 Å². The van der Waals surface area contributed by atoms with Crippen molar-refractivity contribution in [2.75, 3.05) is 38.8 Å². The van der Waals surface area contributed by atoms with Crippen LogP contribution in [0.15, 0.2) is 33.9 Å². The van der Waals surface area contributed by atoms with Crippen molar-refractivity contribution in [2.45, 2.75) is 38.8 Å². The van der Waals surface area contributed by atoms with Crippen LogP contribution in [0.2, 0.25) is 0 Å². The minimum absolute atomic E-state index is 0.0533. The van der Waals surface area contributed by atoms with Crippen LogP contribution in [0.4, 0.5) is 0 Å². The van der Waals surface area contributed by atoms with Gasteiger partial charge in [0, 0.05) is 17.2 Å². The summed E-state index contributed by atoms with van der Waals surface area (Å²) in [5.41, 5.74) is 0.855. The number of rotatable bonds is 15. The van der Waals surface area contributed by atoms with Crippen LogP contribution in [0.1, 0.15) is 33.6 Å². The van der Waals surface area contributed by atoms with Crippen LogP contribution in [0, 0.1) is 5.92 Å². The Morgan fingerprint density at radius 2 is 1.79 bits per heavy atom. The van der Waals surface area contributed by atoms with Crippen molar-refractivity contribution in [3.63, 3.8) is 0 Å². The first kappa shape index (κ1) is 23.4. The van der Waals surface area contributed by atoms with Crippen LogP contribution in [0.25, 0.3) is 11.5 Å². The molecule has 0 N–H and O–H groups in total. The summed E-state index contributed by atoms with van der Waals surface area (Å²) in [5, 5.41) is 8.70. The number of Topliss-reactive ketones (excluding diaryl/α,β-unsaturated/α-hetero) is 1. The number of aromatic nitrogens is 2. The number of ether oxygens (including phenoxy) is 3. The van der Waals surface area contributed by atoms with Crippen LogP contribution in [-0.2, 0) is 14.3 Å². The maximum absolute atomic E-state index is 11.6. The van der Waals surface area contributed by atoms with Crippen LogP contribution in [0.3, 0.4) is 0 Å². The van der Waals surface area contributed by atoms with Crippen molar-refractivity contribution >= 4 is 17.5 Å². The maximum Gasteiger partial charge on any atom is 0.276 e. The maximum atomic E-state index is 11.6. The lowest BCUT2D eigenvalue weighted by molar-refractivity contribution is -0.127. The first-order valence-electron chi connectivity index (χ1n) is 10.0. The molecule has 0 saturated carbocycles. The largest absolute Gasteiger partial charge is 0.491 e. The van der Waals surface area contributed by atoms with Gasteiger partial charge in [0.05, 0.1) is 19.8 Å². The summed E-state index contributed by atoms with van der Waals surface area (Å²) in [7, 11) is 0. The molecule has 1 unspecified atom stereocenters. The van der Waals surface area contributed by atoms with Crippen LogP contribution in [-0.4, -0.2) is 54.8 Å². The average Bonchev–Trinajstić information content (AvgIpc) is 3.22. The Balaban J connectivity index is 1.59. The van der Waals surface area contributed by atoms with Crippen molar-refractivity contribution in [2.24, 2.45) is 5.92 Å². The van der Waals surface area contributed by atoms with E-state index in [1.165, 1.54) is 0 Å². The van der Waals surface area contributed by atoms with Gasteiger partial charge in [-0.05, 0) is 37.1 Å². The second kappa shape index (κ2) is 13.3. The summed E-state index contributed by atoms with van der Waals surface area (Å²) in [6, 6.07) is 7.50. The smallest absolute Gasteiger partial charge is 0.276 e. The average molecular weight is 423 g/mol. The molecule has 0 radical (unpaired) electrons. The van der Waals surface area contributed by atoms with E-state index >= 15 is 0 Å². The normalized spacial score (nSPS) is 12.1. The minimum atomic E-state index is 0.0533. The van der Waals surface area contributed by atoms with Gasteiger partial charge in [-0.15, -0.1) is 10.2 Å². The molecule has 0 fully saturated rings. The summed E-state index contributed by atoms with van der Waals surface area (Å²) in [6.07, 6.45) is 1.90. The number of nitrogens with zero attached hydrogens (tertiary/aromatic N) is 2. The van der Waals surface area contributed by atoms with Crippen LogP contribution >= 0.6 is 11.8 Å². The van der Waals surface area contributed by atoms with Crippen molar-refractivity contribution in [3.8, 4) is 17.2 Å². The highest BCUT2D eigenvalue weighted by molar-refractivity contribution is 7.99. The molecule has 0 aliphatic rings. The Labute approximate surface area is 176 Å². The van der Waals surface area contributed by atoms with E-state index in [0.29, 0.717) is 37.5 Å². The van der Waals surface area contributed by atoms with E-state index in [9.17, 15) is 4.79 Å². The Morgan fingerprint density at radius 1 is 1.07 bits per heavy atom. The molecule has 0 saturated heterocycles. The lowest BCUT2D eigenvalue weighted by Gasteiger charge is -2.09. The molecule has 1 aromatic heterocycles. The molecule has 0 spiro atoms. The van der Waals surface area contributed by atoms with Gasteiger partial charge in [-0.1, -0.05) is 32.5 Å². The fourth-order valence-electron chi connectivity index (χ4n) is 2.25. The van der Waals surface area contributed by atoms with Crippen molar-refractivity contribution < 1.29 is 23.4 Å². The topological polar surface area (TPSA) is 83.7 Å². The highest BCUT2D eigenvalue weighted by atomic mass is 32.2. The van der Waals surface area contributed by atoms with E-state index in [1.54, 1.807) is 11.8 Å². The van der Waals surface area contributed by atoms with Crippen molar-refractivity contribution in [1.82, 2.24) is 10.2 Å². The zero-order valence-electron chi connectivity index (χ0n) is 17.4. The molecule has 1 atom stereocenters. The van der Waals surface area contributed by atoms with E-state index in [2.05, 4.69) is 17.1 Å². The lowest BCUT2D eigenvalue weighted by atomic mass is 10.1. The van der Waals surface area contributed by atoms with Gasteiger partial charge < -0.3 is 18.6 Å². The number of carbonyl (C=O) groups excluding carboxylic acids is 1. The van der Waals surface area contributed by atoms with Crippen molar-refractivity contribution in [3.05, 3.63) is 24.3 Å². The Hall–Kier alpha value is -1.90. The van der Waals surface area contributed by atoms with Gasteiger partial charge in [-0.25, -0.2) is 0 Å². The molecule has 160 valence electrons. The molecule has 0 aliphatic carbocycles. The summed E-state index contributed by atoms with van der Waals surface area (Å²) in [4.78, 5) is 11.6. The molecule has 0 amide bonds. The molecule has 1 aromatic carbocycles. The second-order valence-electron chi connectivity index (χ2n) is 6.53. The minimum Gasteiger partial charge on any atom is -0.491 e. The summed E-state index contributed by atoms with van der Waals surface area (Å²) >= 11 is 1.56. The van der Waals surface area contributed by atoms with Gasteiger partial charge in [-0.3, -0.25) is 4.79 Å². The fraction of sp³-hybridized carbons (Fsp3) is 0.571. The molecule has 2 rings (SSSR count). The summed E-state index contributed by atoms with van der Waals surface area (Å²) < 4.78 is 22.1. The molecule has 0 bridgehead atoms. The van der Waals surface area contributed by atoms with Crippen molar-refractivity contribution in [1.29, 1.82) is 0 Å². The number of ketones is 1. The first-order chi connectivity index (χ1) is 14.1. The molecule has 1 heterocycles. The summed E-state index contributed by atoms with van der Waals surface area (Å²) in [5.74, 6) is 2.39. The predicted octanol–water partition coefficient (Wildman–Crippen LogP) is 4.27. The Morgan fingerprint density at radius 3 is 2.52 bits per heavy atom. The highest BCUT2D eigenvalue weighted by Gasteiger charge is 2.10. The third-order valence-corrected chi connectivity index (χ3v) is 5.24. The zero-order valence-corrected chi connectivity index (χ0v) is 18.2. The van der Waals surface area contributed by atoms with E-state index in [0.717, 1.165) is 29.9 Å². The standard InChI is InChI=1S/C21H30N2O5S/c1-4-14-29-21-23-22-20(28-21)17-6-8-18(9-7-17)27-13-12-25-10-11-26-15-19(24)16(3)5-2/h6-9,16H,4-5,10-15H2,1-3H3.